The fourth-order valence-corrected chi connectivity index (χ4v) is 2.88. The summed E-state index contributed by atoms with van der Waals surface area (Å²) in [4.78, 5) is 16.4. The molecule has 6 nitrogen and oxygen atoms in total. The molecule has 0 spiro atoms. The molecule has 1 unspecified atom stereocenters. The van der Waals surface area contributed by atoms with Gasteiger partial charge < -0.3 is 9.80 Å². The third kappa shape index (κ3) is 3.05. The van der Waals surface area contributed by atoms with Gasteiger partial charge in [0, 0.05) is 26.1 Å². The van der Waals surface area contributed by atoms with E-state index in [0.717, 1.165) is 29.6 Å². The van der Waals surface area contributed by atoms with Crippen molar-refractivity contribution in [3.05, 3.63) is 23.8 Å². The maximum atomic E-state index is 12.3. The van der Waals surface area contributed by atoms with Crippen molar-refractivity contribution in [2.75, 3.05) is 20.6 Å². The molecule has 1 aromatic carbocycles. The lowest BCUT2D eigenvalue weighted by Gasteiger charge is -2.23. The van der Waals surface area contributed by atoms with Gasteiger partial charge in [0.05, 0.1) is 0 Å². The highest BCUT2D eigenvalue weighted by Crippen LogP contribution is 2.19. The van der Waals surface area contributed by atoms with Gasteiger partial charge in [-0.25, -0.2) is 4.63 Å². The summed E-state index contributed by atoms with van der Waals surface area (Å²) in [6, 6.07) is 6.13. The van der Waals surface area contributed by atoms with Crippen LogP contribution in [-0.2, 0) is 11.3 Å². The molecular weight excluding hydrogens is 268 g/mol. The van der Waals surface area contributed by atoms with Crippen LogP contribution in [0, 0.1) is 0 Å². The van der Waals surface area contributed by atoms with Crippen LogP contribution in [0.3, 0.4) is 0 Å². The van der Waals surface area contributed by atoms with Gasteiger partial charge in [-0.05, 0) is 54.4 Å². The molecule has 1 aliphatic rings. The third-order valence-corrected chi connectivity index (χ3v) is 4.25. The van der Waals surface area contributed by atoms with Crippen LogP contribution in [0.15, 0.2) is 22.8 Å². The molecule has 0 saturated carbocycles. The van der Waals surface area contributed by atoms with Gasteiger partial charge in [0.15, 0.2) is 0 Å². The Labute approximate surface area is 123 Å². The summed E-state index contributed by atoms with van der Waals surface area (Å²) in [6.07, 6.45) is 2.90. The molecule has 1 atom stereocenters. The van der Waals surface area contributed by atoms with E-state index in [2.05, 4.69) is 26.9 Å². The van der Waals surface area contributed by atoms with E-state index >= 15 is 0 Å². The molecule has 2 heterocycles. The molecular formula is C15H20N4O2. The first-order chi connectivity index (χ1) is 10.1. The Morgan fingerprint density at radius 3 is 3.00 bits per heavy atom. The van der Waals surface area contributed by atoms with E-state index in [0.29, 0.717) is 19.0 Å². The number of amides is 1. The largest absolute Gasteiger partial charge is 0.341 e. The molecule has 1 aromatic heterocycles. The van der Waals surface area contributed by atoms with Crippen molar-refractivity contribution in [3.63, 3.8) is 0 Å². The highest BCUT2D eigenvalue weighted by atomic mass is 16.6. The number of hydrogen-bond acceptors (Lipinski definition) is 5. The fraction of sp³-hybridized carbons (Fsp3) is 0.533. The Morgan fingerprint density at radius 2 is 2.24 bits per heavy atom. The number of hydrogen-bond donors (Lipinski definition) is 0. The van der Waals surface area contributed by atoms with Crippen molar-refractivity contribution in [1.29, 1.82) is 0 Å². The van der Waals surface area contributed by atoms with E-state index in [1.807, 2.05) is 25.2 Å². The number of likely N-dealkylation sites (tertiary alicyclic amines) is 1. The fourth-order valence-electron chi connectivity index (χ4n) is 2.88. The van der Waals surface area contributed by atoms with Gasteiger partial charge in [-0.1, -0.05) is 6.07 Å². The summed E-state index contributed by atoms with van der Waals surface area (Å²) in [6.45, 7) is 1.68. The first-order valence-electron chi connectivity index (χ1n) is 7.29. The van der Waals surface area contributed by atoms with Crippen molar-refractivity contribution in [2.24, 2.45) is 0 Å². The smallest absolute Gasteiger partial charge is 0.224 e. The van der Waals surface area contributed by atoms with E-state index in [9.17, 15) is 4.79 Å². The Kier molecular flexibility index (Phi) is 3.88. The van der Waals surface area contributed by atoms with Crippen LogP contribution < -0.4 is 0 Å². The number of rotatable bonds is 4. The minimum absolute atomic E-state index is 0.187. The Balaban J connectivity index is 1.61. The van der Waals surface area contributed by atoms with Crippen LogP contribution >= 0.6 is 0 Å². The highest BCUT2D eigenvalue weighted by Gasteiger charge is 2.24. The number of nitrogens with zero attached hydrogens (tertiary/aromatic N) is 4. The van der Waals surface area contributed by atoms with Crippen LogP contribution in [0.1, 0.15) is 24.8 Å². The van der Waals surface area contributed by atoms with Gasteiger partial charge in [0.25, 0.3) is 0 Å². The first-order valence-corrected chi connectivity index (χ1v) is 7.29. The van der Waals surface area contributed by atoms with Crippen LogP contribution in [0.4, 0.5) is 0 Å². The Morgan fingerprint density at radius 1 is 1.43 bits per heavy atom. The second-order valence-electron chi connectivity index (χ2n) is 5.82. The van der Waals surface area contributed by atoms with Crippen LogP contribution in [-0.4, -0.2) is 52.7 Å². The zero-order chi connectivity index (χ0) is 14.8. The minimum atomic E-state index is 0.187. The van der Waals surface area contributed by atoms with Crippen LogP contribution in [0.5, 0.6) is 0 Å². The predicted molar refractivity (Wildman–Crippen MR) is 78.5 cm³/mol. The second-order valence-corrected chi connectivity index (χ2v) is 5.82. The molecule has 1 fully saturated rings. The maximum Gasteiger partial charge on any atom is 0.224 e. The number of aromatic nitrogens is 2. The zero-order valence-corrected chi connectivity index (χ0v) is 12.5. The quantitative estimate of drug-likeness (QED) is 0.856. The highest BCUT2D eigenvalue weighted by molar-refractivity contribution is 5.77. The average Bonchev–Trinajstić information content (AvgIpc) is 3.07. The first kappa shape index (κ1) is 14.0. The summed E-state index contributed by atoms with van der Waals surface area (Å²) in [5, 5.41) is 7.61. The number of carbonyl (C=O) groups excluding carboxylic acids is 1. The SMILES string of the molecule is CN(Cc1ccc2nonc2c1)C(=O)CC1CCCN1C. The Bertz CT molecular complexity index is 639. The lowest BCUT2D eigenvalue weighted by molar-refractivity contribution is -0.131. The molecule has 2 aromatic rings. The summed E-state index contributed by atoms with van der Waals surface area (Å²) >= 11 is 0. The van der Waals surface area contributed by atoms with Gasteiger partial charge in [0.2, 0.25) is 5.91 Å². The summed E-state index contributed by atoms with van der Waals surface area (Å²) in [7, 11) is 3.94. The monoisotopic (exact) mass is 288 g/mol. The van der Waals surface area contributed by atoms with Gasteiger partial charge in [0.1, 0.15) is 11.0 Å². The van der Waals surface area contributed by atoms with Crippen molar-refractivity contribution >= 4 is 16.9 Å². The van der Waals surface area contributed by atoms with Crippen LogP contribution in [0.2, 0.25) is 0 Å². The van der Waals surface area contributed by atoms with Crippen molar-refractivity contribution in [1.82, 2.24) is 20.1 Å². The lowest BCUT2D eigenvalue weighted by atomic mass is 10.1. The van der Waals surface area contributed by atoms with Gasteiger partial charge in [-0.3, -0.25) is 4.79 Å². The lowest BCUT2D eigenvalue weighted by Crippen LogP contribution is -2.34. The molecule has 3 rings (SSSR count). The molecule has 0 radical (unpaired) electrons. The summed E-state index contributed by atoms with van der Waals surface area (Å²) in [5.41, 5.74) is 2.50. The number of carbonyl (C=O) groups is 1. The second kappa shape index (κ2) is 5.81. The topological polar surface area (TPSA) is 62.5 Å². The van der Waals surface area contributed by atoms with Gasteiger partial charge >= 0.3 is 0 Å². The van der Waals surface area contributed by atoms with E-state index in [4.69, 9.17) is 0 Å². The molecule has 21 heavy (non-hydrogen) atoms. The summed E-state index contributed by atoms with van der Waals surface area (Å²) < 4.78 is 4.69. The predicted octanol–water partition coefficient (Wildman–Crippen LogP) is 1.67. The Hall–Kier alpha value is -1.95. The molecule has 112 valence electrons. The van der Waals surface area contributed by atoms with Crippen molar-refractivity contribution in [2.45, 2.75) is 31.8 Å². The van der Waals surface area contributed by atoms with E-state index in [1.165, 1.54) is 6.42 Å². The normalized spacial score (nSPS) is 19.2. The molecule has 1 saturated heterocycles. The minimum Gasteiger partial charge on any atom is -0.341 e. The van der Waals surface area contributed by atoms with E-state index < -0.39 is 0 Å². The maximum absolute atomic E-state index is 12.3. The number of benzene rings is 1. The molecule has 0 N–H and O–H groups in total. The van der Waals surface area contributed by atoms with Crippen molar-refractivity contribution < 1.29 is 9.42 Å². The van der Waals surface area contributed by atoms with Crippen molar-refractivity contribution in [3.8, 4) is 0 Å². The molecule has 0 bridgehead atoms. The van der Waals surface area contributed by atoms with Gasteiger partial charge in [-0.2, -0.15) is 0 Å². The standard InChI is InChI=1S/C15H20N4O2/c1-18-7-3-4-12(18)9-15(20)19(2)10-11-5-6-13-14(8-11)17-21-16-13/h5-6,8,12H,3-4,7,9-10H2,1-2H3. The van der Waals surface area contributed by atoms with E-state index in [-0.39, 0.29) is 5.91 Å². The molecule has 6 heteroatoms. The molecule has 0 aliphatic carbocycles. The average molecular weight is 288 g/mol. The van der Waals surface area contributed by atoms with E-state index in [1.54, 1.807) is 4.90 Å². The van der Waals surface area contributed by atoms with Gasteiger partial charge in [-0.15, -0.1) is 0 Å². The zero-order valence-electron chi connectivity index (χ0n) is 12.5. The molecule has 1 aliphatic heterocycles. The third-order valence-electron chi connectivity index (χ3n) is 4.25. The van der Waals surface area contributed by atoms with Crippen LogP contribution in [0.25, 0.3) is 11.0 Å². The number of fused-ring (bicyclic) bond motifs is 1. The molecule has 1 amide bonds. The summed E-state index contributed by atoms with van der Waals surface area (Å²) in [5.74, 6) is 0.187.